The number of rotatable bonds is 10. The molecule has 3 aromatic heterocycles. The van der Waals surface area contributed by atoms with E-state index in [-0.39, 0.29) is 11.8 Å². The number of fused-ring (bicyclic) bond motifs is 3. The maximum Gasteiger partial charge on any atom is 0.234 e. The molecule has 6 rings (SSSR count). The zero-order valence-corrected chi connectivity index (χ0v) is 25.8. The average molecular weight is 564 g/mol. The number of carbonyl (C=O) groups is 1. The molecule has 0 unspecified atom stereocenters. The van der Waals surface area contributed by atoms with Crippen LogP contribution in [-0.2, 0) is 16.6 Å². The van der Waals surface area contributed by atoms with Gasteiger partial charge in [-0.3, -0.25) is 14.8 Å². The van der Waals surface area contributed by atoms with Crippen LogP contribution >= 0.6 is 0 Å². The number of aryl methyl sites for hydroxylation is 3. The van der Waals surface area contributed by atoms with E-state index in [1.165, 1.54) is 33.2 Å². The molecule has 220 valence electrons. The van der Waals surface area contributed by atoms with Crippen molar-refractivity contribution in [1.82, 2.24) is 25.2 Å². The summed E-state index contributed by atoms with van der Waals surface area (Å²) in [7, 11) is 0. The van der Waals surface area contributed by atoms with Crippen LogP contribution < -0.4 is 5.32 Å². The Kier molecular flexibility index (Phi) is 7.93. The first-order valence-corrected chi connectivity index (χ1v) is 15.8. The molecule has 2 N–H and O–H groups in total. The predicted molar refractivity (Wildman–Crippen MR) is 171 cm³/mol. The lowest BCUT2D eigenvalue weighted by molar-refractivity contribution is -0.137. The number of aromatic amines is 1. The molecule has 2 aliphatic rings. The molecule has 6 nitrogen and oxygen atoms in total. The minimum Gasteiger partial charge on any atom is -0.353 e. The first-order valence-electron chi connectivity index (χ1n) is 15.8. The van der Waals surface area contributed by atoms with Gasteiger partial charge in [0.25, 0.3) is 0 Å². The number of nitrogens with zero attached hydrogens (tertiary/aromatic N) is 3. The third kappa shape index (κ3) is 5.49. The minimum absolute atomic E-state index is 0.231. The lowest BCUT2D eigenvalue weighted by atomic mass is 9.85. The molecule has 2 aliphatic heterocycles. The van der Waals surface area contributed by atoms with Crippen LogP contribution in [0.1, 0.15) is 86.7 Å². The van der Waals surface area contributed by atoms with Crippen molar-refractivity contribution in [3.8, 4) is 11.3 Å². The zero-order chi connectivity index (χ0) is 29.4. The van der Waals surface area contributed by atoms with E-state index in [0.29, 0.717) is 12.1 Å². The quantitative estimate of drug-likeness (QED) is 0.204. The van der Waals surface area contributed by atoms with Crippen LogP contribution in [0.2, 0.25) is 0 Å². The van der Waals surface area contributed by atoms with E-state index in [0.717, 1.165) is 68.5 Å². The molecule has 1 atom stereocenters. The van der Waals surface area contributed by atoms with Crippen molar-refractivity contribution in [2.75, 3.05) is 13.1 Å². The van der Waals surface area contributed by atoms with Gasteiger partial charge in [0, 0.05) is 36.4 Å². The number of hydrogen-bond donors (Lipinski definition) is 2. The summed E-state index contributed by atoms with van der Waals surface area (Å²) in [4.78, 5) is 28.9. The summed E-state index contributed by atoms with van der Waals surface area (Å²) in [5.41, 5.74) is 8.69. The van der Waals surface area contributed by atoms with E-state index in [1.54, 1.807) is 0 Å². The summed E-state index contributed by atoms with van der Waals surface area (Å²) >= 11 is 0. The van der Waals surface area contributed by atoms with Crippen molar-refractivity contribution in [1.29, 1.82) is 0 Å². The van der Waals surface area contributed by atoms with Gasteiger partial charge in [0.05, 0.1) is 28.5 Å². The van der Waals surface area contributed by atoms with Gasteiger partial charge in [0.15, 0.2) is 0 Å². The van der Waals surface area contributed by atoms with Crippen LogP contribution in [0.25, 0.3) is 22.2 Å². The number of hydrogen-bond acceptors (Lipinski definition) is 4. The van der Waals surface area contributed by atoms with E-state index in [1.807, 2.05) is 18.6 Å². The molecular weight excluding hydrogens is 518 g/mol. The summed E-state index contributed by atoms with van der Waals surface area (Å²) in [5.74, 6) is 0.494. The summed E-state index contributed by atoms with van der Waals surface area (Å²) in [6.07, 6.45) is 12.4. The highest BCUT2D eigenvalue weighted by Gasteiger charge is 2.47. The highest BCUT2D eigenvalue weighted by molar-refractivity contribution is 5.94. The van der Waals surface area contributed by atoms with Crippen LogP contribution in [0.4, 0.5) is 0 Å². The molecule has 1 amide bonds. The van der Waals surface area contributed by atoms with Gasteiger partial charge in [0.1, 0.15) is 0 Å². The normalized spacial score (nSPS) is 19.1. The summed E-state index contributed by atoms with van der Waals surface area (Å²) < 4.78 is 0. The number of amides is 1. The molecule has 2 bridgehead atoms. The predicted octanol–water partition coefficient (Wildman–Crippen LogP) is 7.00. The Morgan fingerprint density at radius 1 is 1.05 bits per heavy atom. The molecule has 1 aromatic carbocycles. The number of carbonyl (C=O) groups excluding carboxylic acids is 1. The summed E-state index contributed by atoms with van der Waals surface area (Å²) in [6.45, 7) is 12.6. The fourth-order valence-corrected chi connectivity index (χ4v) is 7.38. The molecule has 0 saturated carbocycles. The number of nitrogens with one attached hydrogen (secondary N) is 2. The van der Waals surface area contributed by atoms with Gasteiger partial charge in [0.2, 0.25) is 5.91 Å². The second kappa shape index (κ2) is 11.6. The Morgan fingerprint density at radius 3 is 2.38 bits per heavy atom. The third-order valence-electron chi connectivity index (χ3n) is 9.61. The van der Waals surface area contributed by atoms with E-state index in [4.69, 9.17) is 4.98 Å². The Balaban J connectivity index is 1.30. The molecule has 5 heterocycles. The van der Waals surface area contributed by atoms with Crippen molar-refractivity contribution < 1.29 is 4.79 Å². The fraction of sp³-hybridized carbons (Fsp3) is 0.472. The maximum atomic E-state index is 14.0. The smallest absolute Gasteiger partial charge is 0.234 e. The summed E-state index contributed by atoms with van der Waals surface area (Å²) in [5, 5.41) is 4.89. The van der Waals surface area contributed by atoms with E-state index in [2.05, 4.69) is 91.2 Å². The van der Waals surface area contributed by atoms with Gasteiger partial charge in [-0.2, -0.15) is 0 Å². The average Bonchev–Trinajstić information content (AvgIpc) is 3.69. The molecule has 0 radical (unpaired) electrons. The van der Waals surface area contributed by atoms with Crippen LogP contribution in [0.15, 0.2) is 55.0 Å². The van der Waals surface area contributed by atoms with Crippen LogP contribution in [0, 0.1) is 13.8 Å². The highest BCUT2D eigenvalue weighted by atomic mass is 16.2. The standard InChI is InChI=1S/C36H45N5O/c1-23-17-24(2)19-27(18-23)34-33(25(3)21-38-14-6-7-26-12-15-37-16-13-26)30-20-32(39-22-31(30)40-34)36(4,5)35(42)41-28-8-9-29(41)11-10-28/h12-13,15-20,22,25,28-29,38,40H,6-11,14,21H2,1-5H3/t25-,28?,29?/m1/s1. The Morgan fingerprint density at radius 2 is 1.71 bits per heavy atom. The molecule has 4 aromatic rings. The second-order valence-corrected chi connectivity index (χ2v) is 13.3. The van der Waals surface area contributed by atoms with Crippen LogP contribution in [0.3, 0.4) is 0 Å². The first kappa shape index (κ1) is 28.6. The first-order chi connectivity index (χ1) is 20.2. The monoisotopic (exact) mass is 563 g/mol. The second-order valence-electron chi connectivity index (χ2n) is 13.3. The van der Waals surface area contributed by atoms with Gasteiger partial charge in [-0.25, -0.2) is 0 Å². The van der Waals surface area contributed by atoms with E-state index in [9.17, 15) is 4.79 Å². The lowest BCUT2D eigenvalue weighted by Crippen LogP contribution is -2.46. The van der Waals surface area contributed by atoms with Gasteiger partial charge >= 0.3 is 0 Å². The molecule has 2 saturated heterocycles. The molecule has 0 spiro atoms. The van der Waals surface area contributed by atoms with Crippen molar-refractivity contribution in [2.24, 2.45) is 0 Å². The topological polar surface area (TPSA) is 73.9 Å². The van der Waals surface area contributed by atoms with Gasteiger partial charge in [-0.1, -0.05) is 24.1 Å². The van der Waals surface area contributed by atoms with E-state index >= 15 is 0 Å². The zero-order valence-electron chi connectivity index (χ0n) is 25.8. The number of benzene rings is 1. The van der Waals surface area contributed by atoms with Gasteiger partial charge < -0.3 is 15.2 Å². The summed E-state index contributed by atoms with van der Waals surface area (Å²) in [6, 6.07) is 14.0. The maximum absolute atomic E-state index is 14.0. The van der Waals surface area contributed by atoms with Crippen molar-refractivity contribution in [2.45, 2.75) is 96.6 Å². The van der Waals surface area contributed by atoms with Crippen molar-refractivity contribution in [3.05, 3.63) is 82.9 Å². The molecule has 42 heavy (non-hydrogen) atoms. The van der Waals surface area contributed by atoms with Gasteiger partial charge in [-0.15, -0.1) is 0 Å². The number of H-pyrrole nitrogens is 1. The third-order valence-corrected chi connectivity index (χ3v) is 9.61. The Labute approximate surface area is 250 Å². The Bertz CT molecular complexity index is 1530. The SMILES string of the molecule is Cc1cc(C)cc(-c2[nH]c3cnc(C(C)(C)C(=O)N4C5CCC4CC5)cc3c2[C@H](C)CNCCCc2ccncc2)c1. The minimum atomic E-state index is -0.678. The van der Waals surface area contributed by atoms with Crippen molar-refractivity contribution >= 4 is 16.8 Å². The fourth-order valence-electron chi connectivity index (χ4n) is 7.38. The van der Waals surface area contributed by atoms with Gasteiger partial charge in [-0.05, 0) is 126 Å². The Hall–Kier alpha value is -3.51. The lowest BCUT2D eigenvalue weighted by Gasteiger charge is -2.32. The number of aromatic nitrogens is 3. The molecule has 0 aliphatic carbocycles. The van der Waals surface area contributed by atoms with E-state index < -0.39 is 5.41 Å². The molecule has 6 heteroatoms. The highest BCUT2D eigenvalue weighted by Crippen LogP contribution is 2.42. The largest absolute Gasteiger partial charge is 0.353 e. The van der Waals surface area contributed by atoms with Crippen LogP contribution in [0.5, 0.6) is 0 Å². The van der Waals surface area contributed by atoms with Crippen LogP contribution in [-0.4, -0.2) is 50.9 Å². The number of pyridine rings is 2. The molecular formula is C36H45N5O. The van der Waals surface area contributed by atoms with Crippen molar-refractivity contribution in [3.63, 3.8) is 0 Å². The molecule has 2 fully saturated rings.